The molecule has 19 heavy (non-hydrogen) atoms. The lowest BCUT2D eigenvalue weighted by Gasteiger charge is -2.57. The van der Waals surface area contributed by atoms with E-state index in [2.05, 4.69) is 12.1 Å². The van der Waals surface area contributed by atoms with E-state index < -0.39 is 7.12 Å². The van der Waals surface area contributed by atoms with Crippen LogP contribution in [0.2, 0.25) is 0 Å². The molecule has 0 atom stereocenters. The fourth-order valence-electron chi connectivity index (χ4n) is 5.47. The van der Waals surface area contributed by atoms with Crippen LogP contribution in [0, 0.1) is 17.8 Å². The molecule has 5 rings (SSSR count). The lowest BCUT2D eigenvalue weighted by Crippen LogP contribution is -2.48. The molecular weight excluding hydrogens is 235 g/mol. The maximum Gasteiger partial charge on any atom is 0.488 e. The van der Waals surface area contributed by atoms with Gasteiger partial charge in [-0.25, -0.2) is 0 Å². The van der Waals surface area contributed by atoms with E-state index in [1.54, 1.807) is 0 Å². The number of hydrogen-bond acceptors (Lipinski definition) is 2. The second-order valence-corrected chi connectivity index (χ2v) is 7.19. The molecule has 4 aliphatic rings. The van der Waals surface area contributed by atoms with E-state index in [1.165, 1.54) is 44.1 Å². The van der Waals surface area contributed by atoms with Gasteiger partial charge >= 0.3 is 7.12 Å². The molecule has 3 heteroatoms. The number of benzene rings is 1. The molecule has 4 bridgehead atoms. The summed E-state index contributed by atoms with van der Waals surface area (Å²) in [6.07, 6.45) is 8.48. The molecule has 2 N–H and O–H groups in total. The Morgan fingerprint density at radius 3 is 1.74 bits per heavy atom. The Labute approximate surface area is 115 Å². The van der Waals surface area contributed by atoms with Gasteiger partial charge in [-0.05, 0) is 72.7 Å². The predicted octanol–water partition coefficient (Wildman–Crippen LogP) is 1.83. The van der Waals surface area contributed by atoms with E-state index in [1.807, 2.05) is 12.1 Å². The summed E-state index contributed by atoms with van der Waals surface area (Å²) in [5.41, 5.74) is 2.46. The first-order valence-electron chi connectivity index (χ1n) is 7.61. The minimum Gasteiger partial charge on any atom is -0.423 e. The van der Waals surface area contributed by atoms with Gasteiger partial charge in [0.15, 0.2) is 0 Å². The van der Waals surface area contributed by atoms with Crippen LogP contribution in [0.1, 0.15) is 44.1 Å². The van der Waals surface area contributed by atoms with Crippen molar-refractivity contribution < 1.29 is 10.0 Å². The molecule has 0 radical (unpaired) electrons. The highest BCUT2D eigenvalue weighted by Crippen LogP contribution is 2.60. The van der Waals surface area contributed by atoms with Crippen LogP contribution in [0.5, 0.6) is 0 Å². The first kappa shape index (κ1) is 12.0. The van der Waals surface area contributed by atoms with Crippen molar-refractivity contribution in [2.45, 2.75) is 43.9 Å². The second kappa shape index (κ2) is 4.10. The monoisotopic (exact) mass is 256 g/mol. The van der Waals surface area contributed by atoms with Crippen LogP contribution >= 0.6 is 0 Å². The topological polar surface area (TPSA) is 40.5 Å². The van der Waals surface area contributed by atoms with Crippen LogP contribution in [-0.4, -0.2) is 17.2 Å². The fourth-order valence-corrected chi connectivity index (χ4v) is 5.47. The van der Waals surface area contributed by atoms with Gasteiger partial charge < -0.3 is 10.0 Å². The Bertz CT molecular complexity index is 445. The van der Waals surface area contributed by atoms with Gasteiger partial charge in [-0.15, -0.1) is 0 Å². The third kappa shape index (κ3) is 1.86. The molecule has 0 aromatic heterocycles. The molecule has 4 fully saturated rings. The van der Waals surface area contributed by atoms with Crippen molar-refractivity contribution in [2.75, 3.05) is 0 Å². The molecule has 0 heterocycles. The first-order chi connectivity index (χ1) is 9.14. The van der Waals surface area contributed by atoms with E-state index in [0.29, 0.717) is 10.9 Å². The number of rotatable bonds is 2. The van der Waals surface area contributed by atoms with Crippen LogP contribution in [-0.2, 0) is 5.41 Å². The van der Waals surface area contributed by atoms with E-state index in [9.17, 15) is 10.0 Å². The third-order valence-electron chi connectivity index (χ3n) is 5.86. The van der Waals surface area contributed by atoms with Crippen molar-refractivity contribution in [3.05, 3.63) is 29.8 Å². The van der Waals surface area contributed by atoms with Crippen molar-refractivity contribution in [3.8, 4) is 0 Å². The van der Waals surface area contributed by atoms with Crippen LogP contribution in [0.15, 0.2) is 24.3 Å². The molecule has 0 unspecified atom stereocenters. The molecule has 2 nitrogen and oxygen atoms in total. The van der Waals surface area contributed by atoms with Gasteiger partial charge in [0.05, 0.1) is 0 Å². The summed E-state index contributed by atoms with van der Waals surface area (Å²) in [7, 11) is -1.34. The summed E-state index contributed by atoms with van der Waals surface area (Å²) in [5, 5.41) is 18.4. The van der Waals surface area contributed by atoms with Gasteiger partial charge in [0.2, 0.25) is 0 Å². The van der Waals surface area contributed by atoms with Crippen LogP contribution in [0.4, 0.5) is 0 Å². The molecule has 4 saturated carbocycles. The summed E-state index contributed by atoms with van der Waals surface area (Å²) in [6.45, 7) is 0. The van der Waals surface area contributed by atoms with Gasteiger partial charge in [-0.3, -0.25) is 0 Å². The van der Waals surface area contributed by atoms with Crippen molar-refractivity contribution in [1.29, 1.82) is 0 Å². The standard InChI is InChI=1S/C16H21BO2/c18-17(19)15-3-1-14(2-4-15)16-8-11-5-12(9-16)7-13(6-11)10-16/h1-4,11-13,18-19H,5-10H2. The lowest BCUT2D eigenvalue weighted by molar-refractivity contribution is -0.00518. The molecule has 1 aromatic carbocycles. The average molecular weight is 256 g/mol. The largest absolute Gasteiger partial charge is 0.488 e. The number of hydrogen-bond donors (Lipinski definition) is 2. The van der Waals surface area contributed by atoms with Gasteiger partial charge in [-0.1, -0.05) is 24.3 Å². The third-order valence-corrected chi connectivity index (χ3v) is 5.86. The van der Waals surface area contributed by atoms with Crippen LogP contribution in [0.25, 0.3) is 0 Å². The second-order valence-electron chi connectivity index (χ2n) is 7.19. The maximum atomic E-state index is 9.20. The van der Waals surface area contributed by atoms with Gasteiger partial charge in [0.1, 0.15) is 0 Å². The fraction of sp³-hybridized carbons (Fsp3) is 0.625. The molecule has 1 aromatic rings. The van der Waals surface area contributed by atoms with Crippen molar-refractivity contribution in [3.63, 3.8) is 0 Å². The molecule has 0 saturated heterocycles. The van der Waals surface area contributed by atoms with Gasteiger partial charge in [0.25, 0.3) is 0 Å². The maximum absolute atomic E-state index is 9.20. The Hall–Kier alpha value is -0.795. The molecule has 100 valence electrons. The van der Waals surface area contributed by atoms with Crippen molar-refractivity contribution in [2.24, 2.45) is 17.8 Å². The highest BCUT2D eigenvalue weighted by Gasteiger charge is 2.51. The zero-order chi connectivity index (χ0) is 13.0. The SMILES string of the molecule is OB(O)c1ccc(C23CC4CC(CC(C4)C2)C3)cc1. The highest BCUT2D eigenvalue weighted by molar-refractivity contribution is 6.58. The van der Waals surface area contributed by atoms with E-state index in [-0.39, 0.29) is 0 Å². The smallest absolute Gasteiger partial charge is 0.423 e. The molecule has 0 aliphatic heterocycles. The van der Waals surface area contributed by atoms with E-state index in [4.69, 9.17) is 0 Å². The Balaban J connectivity index is 1.67. The quantitative estimate of drug-likeness (QED) is 0.792. The predicted molar refractivity (Wildman–Crippen MR) is 76.1 cm³/mol. The molecule has 0 spiro atoms. The van der Waals surface area contributed by atoms with Gasteiger partial charge in [0, 0.05) is 0 Å². The van der Waals surface area contributed by atoms with Crippen LogP contribution in [0.3, 0.4) is 0 Å². The summed E-state index contributed by atoms with van der Waals surface area (Å²) < 4.78 is 0. The summed E-state index contributed by atoms with van der Waals surface area (Å²) >= 11 is 0. The molecule has 0 amide bonds. The summed E-state index contributed by atoms with van der Waals surface area (Å²) in [4.78, 5) is 0. The van der Waals surface area contributed by atoms with E-state index >= 15 is 0 Å². The van der Waals surface area contributed by atoms with Crippen LogP contribution < -0.4 is 5.46 Å². The first-order valence-corrected chi connectivity index (χ1v) is 7.61. The Morgan fingerprint density at radius 1 is 0.842 bits per heavy atom. The van der Waals surface area contributed by atoms with Crippen molar-refractivity contribution >= 4 is 12.6 Å². The molecule has 4 aliphatic carbocycles. The average Bonchev–Trinajstić information content (AvgIpc) is 2.37. The highest BCUT2D eigenvalue weighted by atomic mass is 16.4. The van der Waals surface area contributed by atoms with Crippen molar-refractivity contribution in [1.82, 2.24) is 0 Å². The molecular formula is C16H21BO2. The minimum atomic E-state index is -1.34. The normalized spacial score (nSPS) is 39.6. The Morgan fingerprint density at radius 2 is 1.32 bits per heavy atom. The summed E-state index contributed by atoms with van der Waals surface area (Å²) in [5.74, 6) is 2.86. The lowest BCUT2D eigenvalue weighted by atomic mass is 9.48. The van der Waals surface area contributed by atoms with E-state index in [0.717, 1.165) is 17.8 Å². The zero-order valence-electron chi connectivity index (χ0n) is 11.3. The van der Waals surface area contributed by atoms with Gasteiger partial charge in [-0.2, -0.15) is 0 Å². The zero-order valence-corrected chi connectivity index (χ0v) is 11.3. The minimum absolute atomic E-state index is 0.410. The summed E-state index contributed by atoms with van der Waals surface area (Å²) in [6, 6.07) is 8.06. The Kier molecular flexibility index (Phi) is 2.58.